The number of ether oxygens (including phenoxy) is 1. The van der Waals surface area contributed by atoms with E-state index in [1.165, 1.54) is 340 Å². The van der Waals surface area contributed by atoms with E-state index in [-0.39, 0.29) is 18.5 Å². The van der Waals surface area contributed by atoms with Crippen molar-refractivity contribution in [2.45, 2.75) is 431 Å². The van der Waals surface area contributed by atoms with Crippen molar-refractivity contribution in [3.63, 3.8) is 0 Å². The van der Waals surface area contributed by atoms with Crippen LogP contribution in [0.15, 0.2) is 36.5 Å². The molecule has 0 aromatic rings. The number of nitrogens with one attached hydrogen (secondary N) is 1. The highest BCUT2D eigenvalue weighted by atomic mass is 16.5. The summed E-state index contributed by atoms with van der Waals surface area (Å²) in [4.78, 5) is 24.6. The molecule has 0 spiro atoms. The van der Waals surface area contributed by atoms with E-state index in [2.05, 4.69) is 43.5 Å². The predicted octanol–water partition coefficient (Wildman–Crippen LogP) is 24.7. The van der Waals surface area contributed by atoms with Gasteiger partial charge in [-0.05, 0) is 64.2 Å². The largest absolute Gasteiger partial charge is 0.466 e. The lowest BCUT2D eigenvalue weighted by Gasteiger charge is -2.20. The molecule has 6 heteroatoms. The van der Waals surface area contributed by atoms with Crippen LogP contribution in [0.25, 0.3) is 0 Å². The molecule has 0 bridgehead atoms. The quantitative estimate of drug-likeness (QED) is 0.0320. The first-order valence-corrected chi connectivity index (χ1v) is 37.8. The van der Waals surface area contributed by atoms with E-state index in [1.807, 2.05) is 6.08 Å². The van der Waals surface area contributed by atoms with E-state index >= 15 is 0 Å². The van der Waals surface area contributed by atoms with E-state index in [0.717, 1.165) is 51.4 Å². The first kappa shape index (κ1) is 81.1. The number of allylic oxidation sites excluding steroid dienone is 5. The molecule has 0 rings (SSSR count). The minimum absolute atomic E-state index is 0.0155. The van der Waals surface area contributed by atoms with Gasteiger partial charge in [0.2, 0.25) is 5.91 Å². The molecule has 0 aromatic carbocycles. The molecule has 0 aliphatic carbocycles. The van der Waals surface area contributed by atoms with Gasteiger partial charge in [0.05, 0.1) is 25.4 Å². The zero-order chi connectivity index (χ0) is 59.9. The third-order valence-corrected chi connectivity index (χ3v) is 17.7. The Bertz CT molecular complexity index is 1340. The highest BCUT2D eigenvalue weighted by Crippen LogP contribution is 2.19. The zero-order valence-electron chi connectivity index (χ0n) is 56.2. The van der Waals surface area contributed by atoms with Crippen LogP contribution in [-0.4, -0.2) is 47.4 Å². The van der Waals surface area contributed by atoms with Crippen molar-refractivity contribution in [3.05, 3.63) is 36.5 Å². The van der Waals surface area contributed by atoms with Crippen LogP contribution < -0.4 is 5.32 Å². The van der Waals surface area contributed by atoms with Crippen molar-refractivity contribution in [1.29, 1.82) is 0 Å². The average molecular weight is 1170 g/mol. The van der Waals surface area contributed by atoms with Gasteiger partial charge in [-0.25, -0.2) is 0 Å². The molecule has 0 radical (unpaired) electrons. The van der Waals surface area contributed by atoms with Gasteiger partial charge in [0.1, 0.15) is 0 Å². The third-order valence-electron chi connectivity index (χ3n) is 17.7. The molecule has 0 aliphatic heterocycles. The molecular weight excluding hydrogens is 1020 g/mol. The number of hydrogen-bond acceptors (Lipinski definition) is 5. The minimum atomic E-state index is -0.840. The standard InChI is InChI=1S/C77H147NO5/c1-3-5-7-9-11-13-15-17-18-19-40-43-47-51-55-59-63-67-71-77(82)83-72-68-64-60-56-52-48-44-41-38-36-34-32-30-28-26-24-22-20-21-23-25-27-29-31-33-35-37-39-42-46-50-54-58-62-66-70-76(81)78-74(73-79)75(80)69-65-61-57-53-49-45-16-14-12-10-8-6-4-2/h13,15,18-19,65,69,74-75,79-80H,3-12,14,16-17,20-64,66-68,70-73H2,1-2H3,(H,78,81)/b15-13-,19-18-,69-65+. The normalized spacial score (nSPS) is 12.7. The maximum absolute atomic E-state index is 12.5. The summed E-state index contributed by atoms with van der Waals surface area (Å²) in [5, 5.41) is 23.1. The molecular formula is C77H147NO5. The van der Waals surface area contributed by atoms with Crippen molar-refractivity contribution in [2.24, 2.45) is 0 Å². The molecule has 2 atom stereocenters. The van der Waals surface area contributed by atoms with Crippen LogP contribution in [0, 0.1) is 0 Å². The fourth-order valence-corrected chi connectivity index (χ4v) is 11.9. The van der Waals surface area contributed by atoms with Crippen molar-refractivity contribution in [3.8, 4) is 0 Å². The maximum atomic E-state index is 12.5. The summed E-state index contributed by atoms with van der Waals surface area (Å²) in [7, 11) is 0. The van der Waals surface area contributed by atoms with Gasteiger partial charge in [-0.3, -0.25) is 9.59 Å². The van der Waals surface area contributed by atoms with Crippen LogP contribution >= 0.6 is 0 Å². The minimum Gasteiger partial charge on any atom is -0.466 e. The molecule has 2 unspecified atom stereocenters. The van der Waals surface area contributed by atoms with Crippen LogP contribution in [0.4, 0.5) is 0 Å². The molecule has 0 aromatic heterocycles. The van der Waals surface area contributed by atoms with E-state index in [4.69, 9.17) is 4.74 Å². The van der Waals surface area contributed by atoms with E-state index in [1.54, 1.807) is 6.08 Å². The van der Waals surface area contributed by atoms with Gasteiger partial charge in [-0.2, -0.15) is 0 Å². The maximum Gasteiger partial charge on any atom is 0.305 e. The fourth-order valence-electron chi connectivity index (χ4n) is 11.9. The molecule has 0 heterocycles. The van der Waals surface area contributed by atoms with Crippen molar-refractivity contribution in [1.82, 2.24) is 5.32 Å². The lowest BCUT2D eigenvalue weighted by Crippen LogP contribution is -2.45. The van der Waals surface area contributed by atoms with Crippen LogP contribution in [0.1, 0.15) is 418 Å². The van der Waals surface area contributed by atoms with Gasteiger partial charge >= 0.3 is 5.97 Å². The molecule has 3 N–H and O–H groups in total. The Morgan fingerprint density at radius 3 is 0.928 bits per heavy atom. The Morgan fingerprint density at radius 2 is 0.602 bits per heavy atom. The number of aliphatic hydroxyl groups is 2. The molecule has 83 heavy (non-hydrogen) atoms. The lowest BCUT2D eigenvalue weighted by atomic mass is 10.0. The van der Waals surface area contributed by atoms with E-state index < -0.39 is 12.1 Å². The van der Waals surface area contributed by atoms with Gasteiger partial charge in [-0.1, -0.05) is 378 Å². The molecule has 0 saturated carbocycles. The smallest absolute Gasteiger partial charge is 0.305 e. The van der Waals surface area contributed by atoms with Gasteiger partial charge in [0.15, 0.2) is 0 Å². The van der Waals surface area contributed by atoms with Crippen LogP contribution in [0.2, 0.25) is 0 Å². The topological polar surface area (TPSA) is 95.9 Å². The first-order chi connectivity index (χ1) is 41.0. The summed E-state index contributed by atoms with van der Waals surface area (Å²) in [6.45, 7) is 4.91. The van der Waals surface area contributed by atoms with Gasteiger partial charge in [0, 0.05) is 12.8 Å². The molecule has 6 nitrogen and oxygen atoms in total. The van der Waals surface area contributed by atoms with Gasteiger partial charge < -0.3 is 20.3 Å². The number of rotatable bonds is 71. The molecule has 0 aliphatic rings. The summed E-state index contributed by atoms with van der Waals surface area (Å²) < 4.78 is 5.51. The number of amides is 1. The monoisotopic (exact) mass is 1170 g/mol. The van der Waals surface area contributed by atoms with Crippen molar-refractivity contribution >= 4 is 11.9 Å². The molecule has 0 fully saturated rings. The Kier molecular flexibility index (Phi) is 70.9. The van der Waals surface area contributed by atoms with Crippen LogP contribution in [-0.2, 0) is 14.3 Å². The van der Waals surface area contributed by atoms with Crippen LogP contribution in [0.5, 0.6) is 0 Å². The molecule has 1 amide bonds. The molecule has 0 saturated heterocycles. The Labute approximate surface area is 519 Å². The number of esters is 1. The SMILES string of the molecule is CCCCCC/C=C\C/C=C\CCCCCCCCCC(=O)OCCCCCCCCCCCCCCCCCCCCCCCCCCCCCCCCCCCCCC(=O)NC(CO)C(O)/C=C/CCCCCCCCCCCCC. The predicted molar refractivity (Wildman–Crippen MR) is 366 cm³/mol. The second kappa shape index (κ2) is 72.6. The van der Waals surface area contributed by atoms with Crippen molar-refractivity contribution in [2.75, 3.05) is 13.2 Å². The first-order valence-electron chi connectivity index (χ1n) is 37.8. The number of carbonyl (C=O) groups is 2. The van der Waals surface area contributed by atoms with E-state index in [0.29, 0.717) is 19.4 Å². The number of unbranched alkanes of at least 4 members (excludes halogenated alkanes) is 56. The summed E-state index contributed by atoms with van der Waals surface area (Å²) in [6, 6.07) is -0.623. The lowest BCUT2D eigenvalue weighted by molar-refractivity contribution is -0.143. The Morgan fingerprint density at radius 1 is 0.337 bits per heavy atom. The number of carbonyl (C=O) groups excluding carboxylic acids is 2. The average Bonchev–Trinajstić information content (AvgIpc) is 3.49. The summed E-state index contributed by atoms with van der Waals surface area (Å²) >= 11 is 0. The highest BCUT2D eigenvalue weighted by molar-refractivity contribution is 5.76. The number of hydrogen-bond donors (Lipinski definition) is 3. The molecule has 490 valence electrons. The highest BCUT2D eigenvalue weighted by Gasteiger charge is 2.18. The van der Waals surface area contributed by atoms with Gasteiger partial charge in [-0.15, -0.1) is 0 Å². The van der Waals surface area contributed by atoms with Gasteiger partial charge in [0.25, 0.3) is 0 Å². The van der Waals surface area contributed by atoms with E-state index in [9.17, 15) is 19.8 Å². The zero-order valence-corrected chi connectivity index (χ0v) is 56.2. The fraction of sp³-hybridized carbons (Fsp3) is 0.896. The Hall–Kier alpha value is -1.92. The summed E-state index contributed by atoms with van der Waals surface area (Å²) in [5.74, 6) is -0.0456. The summed E-state index contributed by atoms with van der Waals surface area (Å²) in [6.07, 6.45) is 94.0. The Balaban J connectivity index is 3.30. The van der Waals surface area contributed by atoms with Crippen molar-refractivity contribution < 1.29 is 24.5 Å². The third kappa shape index (κ3) is 69.1. The van der Waals surface area contributed by atoms with Crippen LogP contribution in [0.3, 0.4) is 0 Å². The second-order valence-corrected chi connectivity index (χ2v) is 26.0. The second-order valence-electron chi connectivity index (χ2n) is 26.0. The number of aliphatic hydroxyl groups excluding tert-OH is 2. The summed E-state index contributed by atoms with van der Waals surface area (Å²) in [5.41, 5.74) is 0.